The fourth-order valence-corrected chi connectivity index (χ4v) is 2.75. The third kappa shape index (κ3) is 4.29. The number of nitrogens with one attached hydrogen (secondary N) is 1. The number of anilines is 1. The van der Waals surface area contributed by atoms with Crippen LogP contribution in [-0.2, 0) is 6.42 Å². The van der Waals surface area contributed by atoms with Crippen LogP contribution in [0.4, 0.5) is 13.9 Å². The summed E-state index contributed by atoms with van der Waals surface area (Å²) in [6, 6.07) is 10.3. The van der Waals surface area contributed by atoms with Crippen LogP contribution in [0.1, 0.15) is 28.7 Å². The molecule has 9 heteroatoms. The van der Waals surface area contributed by atoms with Gasteiger partial charge in [0.2, 0.25) is 5.13 Å². The van der Waals surface area contributed by atoms with Gasteiger partial charge in [-0.25, -0.2) is 13.8 Å². The second-order valence-electron chi connectivity index (χ2n) is 5.61. The summed E-state index contributed by atoms with van der Waals surface area (Å²) in [4.78, 5) is 16.1. The van der Waals surface area contributed by atoms with Crippen molar-refractivity contribution in [1.82, 2.24) is 9.36 Å². The van der Waals surface area contributed by atoms with Crippen LogP contribution in [0, 0.1) is 11.3 Å². The minimum Gasteiger partial charge on any atom is -0.464 e. The number of benzene rings is 1. The number of hydrogen-bond donors (Lipinski definition) is 1. The molecule has 1 amide bonds. The summed E-state index contributed by atoms with van der Waals surface area (Å²) in [6.45, 7) is 0.778. The Morgan fingerprint density at radius 2 is 2.23 bits per heavy atom. The molecule has 0 spiro atoms. The molecule has 0 radical (unpaired) electrons. The Morgan fingerprint density at radius 1 is 1.42 bits per heavy atom. The van der Waals surface area contributed by atoms with Crippen LogP contribution < -0.4 is 5.32 Å². The van der Waals surface area contributed by atoms with E-state index in [0.717, 1.165) is 18.5 Å². The summed E-state index contributed by atoms with van der Waals surface area (Å²) < 4.78 is 35.1. The van der Waals surface area contributed by atoms with E-state index in [2.05, 4.69) is 14.7 Å². The van der Waals surface area contributed by atoms with E-state index in [1.165, 1.54) is 12.3 Å². The number of amides is 1. The van der Waals surface area contributed by atoms with Gasteiger partial charge in [0.25, 0.3) is 11.8 Å². The third-order valence-electron chi connectivity index (χ3n) is 3.29. The molecule has 0 aliphatic rings. The summed E-state index contributed by atoms with van der Waals surface area (Å²) in [5.41, 5.74) is 1.37. The van der Waals surface area contributed by atoms with Gasteiger partial charge in [-0.3, -0.25) is 10.1 Å². The van der Waals surface area contributed by atoms with Crippen molar-refractivity contribution in [3.05, 3.63) is 53.5 Å². The van der Waals surface area contributed by atoms with E-state index in [-0.39, 0.29) is 16.5 Å². The number of hydrogen-bond acceptors (Lipinski definition) is 6. The molecule has 0 aliphatic heterocycles. The second kappa shape index (κ2) is 7.01. The Labute approximate surface area is 151 Å². The molecule has 0 atom stereocenters. The van der Waals surface area contributed by atoms with Gasteiger partial charge < -0.3 is 4.42 Å². The van der Waals surface area contributed by atoms with Crippen LogP contribution in [0.5, 0.6) is 0 Å². The van der Waals surface area contributed by atoms with E-state index in [1.807, 2.05) is 6.07 Å². The average molecular weight is 374 g/mol. The largest absolute Gasteiger partial charge is 0.464 e. The van der Waals surface area contributed by atoms with Crippen molar-refractivity contribution in [2.45, 2.75) is 19.3 Å². The fraction of sp³-hybridized carbons (Fsp3) is 0.176. The lowest BCUT2D eigenvalue weighted by atomic mass is 10.1. The van der Waals surface area contributed by atoms with Gasteiger partial charge in [0.1, 0.15) is 12.0 Å². The van der Waals surface area contributed by atoms with E-state index < -0.39 is 18.3 Å². The van der Waals surface area contributed by atoms with Crippen molar-refractivity contribution in [2.75, 3.05) is 5.32 Å². The van der Waals surface area contributed by atoms with Crippen LogP contribution >= 0.6 is 11.5 Å². The summed E-state index contributed by atoms with van der Waals surface area (Å²) >= 11 is 0.828. The Morgan fingerprint density at radius 3 is 2.96 bits per heavy atom. The summed E-state index contributed by atoms with van der Waals surface area (Å²) in [5.74, 6) is -3.02. The maximum Gasteiger partial charge on any atom is 0.260 e. The molecule has 0 saturated carbocycles. The molecule has 26 heavy (non-hydrogen) atoms. The van der Waals surface area contributed by atoms with E-state index >= 15 is 0 Å². The third-order valence-corrected chi connectivity index (χ3v) is 3.96. The quantitative estimate of drug-likeness (QED) is 0.725. The van der Waals surface area contributed by atoms with Gasteiger partial charge in [-0.1, -0.05) is 12.1 Å². The van der Waals surface area contributed by atoms with Gasteiger partial charge in [-0.05, 0) is 25.1 Å². The molecule has 3 aromatic rings. The number of alkyl halides is 2. The number of nitrogens with zero attached hydrogens (tertiary/aromatic N) is 3. The first kappa shape index (κ1) is 17.7. The minimum absolute atomic E-state index is 0.0287. The SMILES string of the molecule is CC(F)(F)Cc1nsc(NC(=O)c2coc(-c3cccc(C#N)c3)c2)n1. The van der Waals surface area contributed by atoms with Crippen molar-refractivity contribution >= 4 is 22.6 Å². The fourth-order valence-electron chi connectivity index (χ4n) is 2.17. The Kier molecular flexibility index (Phi) is 4.77. The molecule has 1 aromatic carbocycles. The molecule has 1 N–H and O–H groups in total. The highest BCUT2D eigenvalue weighted by atomic mass is 32.1. The Bertz CT molecular complexity index is 985. The highest BCUT2D eigenvalue weighted by molar-refractivity contribution is 7.09. The molecule has 0 bridgehead atoms. The average Bonchev–Trinajstić information content (AvgIpc) is 3.23. The lowest BCUT2D eigenvalue weighted by Gasteiger charge is -2.05. The van der Waals surface area contributed by atoms with Crippen molar-refractivity contribution in [3.63, 3.8) is 0 Å². The van der Waals surface area contributed by atoms with Crippen molar-refractivity contribution in [3.8, 4) is 17.4 Å². The first-order chi connectivity index (χ1) is 12.3. The normalized spacial score (nSPS) is 11.2. The summed E-state index contributed by atoms with van der Waals surface area (Å²) in [5, 5.41) is 11.6. The molecule has 2 aromatic heterocycles. The van der Waals surface area contributed by atoms with Crippen molar-refractivity contribution in [2.24, 2.45) is 0 Å². The van der Waals surface area contributed by atoms with Crippen molar-refractivity contribution in [1.29, 1.82) is 5.26 Å². The standard InChI is InChI=1S/C17H12F2N4O2S/c1-17(18,19)7-14-21-16(26-23-14)22-15(24)12-6-13(25-9-12)11-4-2-3-10(5-11)8-20/h2-6,9H,7H2,1H3,(H,21,22,23,24). The molecule has 6 nitrogen and oxygen atoms in total. The predicted molar refractivity (Wildman–Crippen MR) is 91.0 cm³/mol. The zero-order valence-electron chi connectivity index (χ0n) is 13.5. The predicted octanol–water partition coefficient (Wildman–Crippen LogP) is 4.12. The van der Waals surface area contributed by atoms with Crippen LogP contribution in [0.3, 0.4) is 0 Å². The van der Waals surface area contributed by atoms with Crippen LogP contribution in [-0.4, -0.2) is 21.2 Å². The second-order valence-corrected chi connectivity index (χ2v) is 6.36. The molecule has 0 aliphatic carbocycles. The van der Waals surface area contributed by atoms with Gasteiger partial charge in [0.15, 0.2) is 5.82 Å². The lowest BCUT2D eigenvalue weighted by Crippen LogP contribution is -2.15. The van der Waals surface area contributed by atoms with Crippen LogP contribution in [0.2, 0.25) is 0 Å². The van der Waals surface area contributed by atoms with Crippen molar-refractivity contribution < 1.29 is 18.0 Å². The number of carbonyl (C=O) groups excluding carboxylic acids is 1. The Hall–Kier alpha value is -3.12. The van der Waals surface area contributed by atoms with Crippen LogP contribution in [0.25, 0.3) is 11.3 Å². The number of nitriles is 1. The van der Waals surface area contributed by atoms with Gasteiger partial charge in [-0.15, -0.1) is 0 Å². The molecule has 2 heterocycles. The van der Waals surface area contributed by atoms with Crippen LogP contribution in [0.15, 0.2) is 41.0 Å². The monoisotopic (exact) mass is 374 g/mol. The van der Waals surface area contributed by atoms with E-state index in [9.17, 15) is 13.6 Å². The number of rotatable bonds is 5. The molecular weight excluding hydrogens is 362 g/mol. The molecule has 0 unspecified atom stereocenters. The maximum atomic E-state index is 13.0. The lowest BCUT2D eigenvalue weighted by molar-refractivity contribution is 0.0209. The molecule has 0 saturated heterocycles. The smallest absolute Gasteiger partial charge is 0.260 e. The topological polar surface area (TPSA) is 91.8 Å². The van der Waals surface area contributed by atoms with E-state index in [4.69, 9.17) is 9.68 Å². The minimum atomic E-state index is -2.92. The zero-order chi connectivity index (χ0) is 18.7. The van der Waals surface area contributed by atoms with Gasteiger partial charge in [-0.2, -0.15) is 9.64 Å². The summed E-state index contributed by atoms with van der Waals surface area (Å²) in [6.07, 6.45) is 0.677. The molecule has 3 rings (SSSR count). The zero-order valence-corrected chi connectivity index (χ0v) is 14.3. The van der Waals surface area contributed by atoms with Gasteiger partial charge in [0.05, 0.1) is 23.6 Å². The summed E-state index contributed by atoms with van der Waals surface area (Å²) in [7, 11) is 0. The van der Waals surface area contributed by atoms with Gasteiger partial charge >= 0.3 is 0 Å². The number of carbonyl (C=O) groups is 1. The number of furan rings is 1. The first-order valence-corrected chi connectivity index (χ1v) is 8.22. The highest BCUT2D eigenvalue weighted by Gasteiger charge is 2.24. The number of aromatic nitrogens is 2. The first-order valence-electron chi connectivity index (χ1n) is 7.45. The maximum absolute atomic E-state index is 13.0. The Balaban J connectivity index is 1.71. The van der Waals surface area contributed by atoms with Gasteiger partial charge in [0, 0.05) is 17.1 Å². The highest BCUT2D eigenvalue weighted by Crippen LogP contribution is 2.24. The molecular formula is C17H12F2N4O2S. The van der Waals surface area contributed by atoms with E-state index in [1.54, 1.807) is 24.3 Å². The molecule has 132 valence electrons. The van der Waals surface area contributed by atoms with E-state index in [0.29, 0.717) is 16.9 Å². The number of halogens is 2. The molecule has 0 fully saturated rings.